The van der Waals surface area contributed by atoms with Gasteiger partial charge in [-0.1, -0.05) is 12.1 Å². The van der Waals surface area contributed by atoms with Crippen LogP contribution in [0.1, 0.15) is 24.3 Å². The smallest absolute Gasteiger partial charge is 0.185 e. The van der Waals surface area contributed by atoms with Gasteiger partial charge >= 0.3 is 0 Å². The van der Waals surface area contributed by atoms with E-state index in [1.54, 1.807) is 11.3 Å². The summed E-state index contributed by atoms with van der Waals surface area (Å²) in [5.74, 6) is 0. The Labute approximate surface area is 104 Å². The minimum atomic E-state index is -0.0238. The molecule has 0 N–H and O–H groups in total. The summed E-state index contributed by atoms with van der Waals surface area (Å²) in [6, 6.07) is 8.16. The number of thiazole rings is 1. The zero-order valence-corrected chi connectivity index (χ0v) is 10.6. The number of rotatable bonds is 5. The average Bonchev–Trinajstić information content (AvgIpc) is 2.66. The number of aromatic nitrogens is 1. The second-order valence-corrected chi connectivity index (χ2v) is 5.29. The molecule has 0 saturated carbocycles. The Balaban J connectivity index is 1.92. The second-order valence-electron chi connectivity index (χ2n) is 3.68. The molecule has 0 aliphatic carbocycles. The molecule has 0 spiro atoms. The van der Waals surface area contributed by atoms with Crippen LogP contribution in [0.5, 0.6) is 0 Å². The van der Waals surface area contributed by atoms with Gasteiger partial charge in [0.1, 0.15) is 0 Å². The van der Waals surface area contributed by atoms with E-state index in [9.17, 15) is 4.79 Å². The van der Waals surface area contributed by atoms with E-state index in [0.29, 0.717) is 6.42 Å². The van der Waals surface area contributed by atoms with Gasteiger partial charge in [-0.3, -0.25) is 4.79 Å². The number of para-hydroxylation sites is 1. The third kappa shape index (κ3) is 3.06. The maximum absolute atomic E-state index is 10.6. The average molecular weight is 251 g/mol. The first-order valence-electron chi connectivity index (χ1n) is 5.32. The fraction of sp³-hybridized carbons (Fsp3) is 0.333. The number of nitrogens with zero attached hydrogens (tertiary/aromatic N) is 1. The summed E-state index contributed by atoms with van der Waals surface area (Å²) in [5.41, 5.74) is 1.08. The second kappa shape index (κ2) is 5.46. The standard InChI is InChI=1S/C12H13NOS2/c14-12(15)8-4-3-7-11-13-9-5-1-2-6-10(9)16-11/h1-2,5-6H,3-4,7-8H2,(H,14,15). The van der Waals surface area contributed by atoms with E-state index in [-0.39, 0.29) is 5.12 Å². The maximum atomic E-state index is 10.6. The number of hydrogen-bond acceptors (Lipinski definition) is 3. The number of carbonyl (C=O) groups excluding carboxylic acids is 1. The Morgan fingerprint density at radius 1 is 1.31 bits per heavy atom. The number of unbranched alkanes of at least 4 members (excludes halogenated alkanes) is 1. The van der Waals surface area contributed by atoms with Crippen LogP contribution in [-0.4, -0.2) is 10.1 Å². The number of benzene rings is 1. The molecular weight excluding hydrogens is 238 g/mol. The quantitative estimate of drug-likeness (QED) is 0.651. The van der Waals surface area contributed by atoms with E-state index in [1.807, 2.05) is 18.2 Å². The Hall–Kier alpha value is -0.870. The summed E-state index contributed by atoms with van der Waals surface area (Å²) < 4.78 is 1.24. The van der Waals surface area contributed by atoms with Crippen LogP contribution in [0.3, 0.4) is 0 Å². The van der Waals surface area contributed by atoms with Crippen LogP contribution in [0.2, 0.25) is 0 Å². The zero-order valence-electron chi connectivity index (χ0n) is 8.85. The summed E-state index contributed by atoms with van der Waals surface area (Å²) in [5, 5.41) is 1.14. The van der Waals surface area contributed by atoms with E-state index >= 15 is 0 Å². The molecule has 0 atom stereocenters. The van der Waals surface area contributed by atoms with Crippen molar-refractivity contribution in [2.75, 3.05) is 0 Å². The minimum Gasteiger partial charge on any atom is -0.288 e. The van der Waals surface area contributed by atoms with E-state index < -0.39 is 0 Å². The van der Waals surface area contributed by atoms with Crippen molar-refractivity contribution < 1.29 is 4.79 Å². The van der Waals surface area contributed by atoms with Crippen molar-refractivity contribution in [2.24, 2.45) is 0 Å². The highest BCUT2D eigenvalue weighted by Gasteiger charge is 2.03. The Morgan fingerprint density at radius 2 is 2.12 bits per heavy atom. The summed E-state index contributed by atoms with van der Waals surface area (Å²) >= 11 is 5.49. The highest BCUT2D eigenvalue weighted by molar-refractivity contribution is 7.96. The first kappa shape index (κ1) is 11.6. The van der Waals surface area contributed by atoms with Crippen LogP contribution in [-0.2, 0) is 11.2 Å². The van der Waals surface area contributed by atoms with Crippen LogP contribution in [0.15, 0.2) is 24.3 Å². The number of aryl methyl sites for hydroxylation is 1. The van der Waals surface area contributed by atoms with Gasteiger partial charge in [-0.05, 0) is 31.4 Å². The molecule has 0 aliphatic heterocycles. The van der Waals surface area contributed by atoms with Gasteiger partial charge in [-0.25, -0.2) is 4.98 Å². The lowest BCUT2D eigenvalue weighted by molar-refractivity contribution is -0.110. The van der Waals surface area contributed by atoms with E-state index in [4.69, 9.17) is 0 Å². The van der Waals surface area contributed by atoms with Crippen molar-refractivity contribution in [3.05, 3.63) is 29.3 Å². The number of fused-ring (bicyclic) bond motifs is 1. The van der Waals surface area contributed by atoms with Crippen LogP contribution >= 0.6 is 24.0 Å². The third-order valence-corrected chi connectivity index (χ3v) is 3.69. The van der Waals surface area contributed by atoms with Gasteiger partial charge in [-0.2, -0.15) is 0 Å². The summed E-state index contributed by atoms with van der Waals surface area (Å²) in [4.78, 5) is 15.2. The SMILES string of the molecule is O=C(S)CCCCc1nc2ccccc2s1. The lowest BCUT2D eigenvalue weighted by Gasteiger charge is -1.94. The first-order chi connectivity index (χ1) is 7.75. The number of carbonyl (C=O) groups is 1. The van der Waals surface area contributed by atoms with Crippen molar-refractivity contribution in [1.29, 1.82) is 0 Å². The fourth-order valence-electron chi connectivity index (χ4n) is 1.58. The summed E-state index contributed by atoms with van der Waals surface area (Å²) in [6.07, 6.45) is 3.43. The Kier molecular flexibility index (Phi) is 3.96. The van der Waals surface area contributed by atoms with Crippen LogP contribution in [0, 0.1) is 0 Å². The molecule has 0 saturated heterocycles. The van der Waals surface area contributed by atoms with Crippen molar-refractivity contribution >= 4 is 39.3 Å². The highest BCUT2D eigenvalue weighted by Crippen LogP contribution is 2.22. The van der Waals surface area contributed by atoms with Crippen molar-refractivity contribution in [3.8, 4) is 0 Å². The zero-order chi connectivity index (χ0) is 11.4. The van der Waals surface area contributed by atoms with Gasteiger partial charge in [0.15, 0.2) is 5.12 Å². The third-order valence-electron chi connectivity index (χ3n) is 2.37. The van der Waals surface area contributed by atoms with E-state index in [1.165, 1.54) is 4.70 Å². The lowest BCUT2D eigenvalue weighted by Crippen LogP contribution is -1.88. The van der Waals surface area contributed by atoms with Crippen molar-refractivity contribution in [2.45, 2.75) is 25.7 Å². The van der Waals surface area contributed by atoms with Gasteiger partial charge in [0.2, 0.25) is 0 Å². The largest absolute Gasteiger partial charge is 0.288 e. The number of thiol groups is 1. The molecule has 0 amide bonds. The molecule has 0 fully saturated rings. The van der Waals surface area contributed by atoms with Gasteiger partial charge in [0, 0.05) is 6.42 Å². The number of hydrogen-bond donors (Lipinski definition) is 1. The first-order valence-corrected chi connectivity index (χ1v) is 6.58. The molecule has 2 rings (SSSR count). The monoisotopic (exact) mass is 251 g/mol. The fourth-order valence-corrected chi connectivity index (χ4v) is 2.75. The molecule has 0 bridgehead atoms. The van der Waals surface area contributed by atoms with Gasteiger partial charge in [0.25, 0.3) is 0 Å². The van der Waals surface area contributed by atoms with Crippen LogP contribution < -0.4 is 0 Å². The van der Waals surface area contributed by atoms with Crippen LogP contribution in [0.25, 0.3) is 10.2 Å². The molecular formula is C12H13NOS2. The minimum absolute atomic E-state index is 0.0238. The molecule has 84 valence electrons. The van der Waals surface area contributed by atoms with Gasteiger partial charge in [0.05, 0.1) is 15.2 Å². The predicted molar refractivity (Wildman–Crippen MR) is 71.2 cm³/mol. The summed E-state index contributed by atoms with van der Waals surface area (Å²) in [7, 11) is 0. The Morgan fingerprint density at radius 3 is 2.88 bits per heavy atom. The maximum Gasteiger partial charge on any atom is 0.185 e. The van der Waals surface area contributed by atoms with Gasteiger partial charge in [-0.15, -0.1) is 24.0 Å². The van der Waals surface area contributed by atoms with E-state index in [0.717, 1.165) is 29.8 Å². The molecule has 0 radical (unpaired) electrons. The molecule has 0 unspecified atom stereocenters. The molecule has 2 nitrogen and oxygen atoms in total. The highest BCUT2D eigenvalue weighted by atomic mass is 32.1. The van der Waals surface area contributed by atoms with Crippen molar-refractivity contribution in [3.63, 3.8) is 0 Å². The molecule has 1 aromatic heterocycles. The molecule has 1 heterocycles. The predicted octanol–water partition coefficient (Wildman–Crippen LogP) is 3.47. The molecule has 2 aromatic rings. The molecule has 1 aromatic carbocycles. The topological polar surface area (TPSA) is 30.0 Å². The Bertz CT molecular complexity index is 459. The lowest BCUT2D eigenvalue weighted by atomic mass is 10.2. The van der Waals surface area contributed by atoms with Gasteiger partial charge < -0.3 is 0 Å². The van der Waals surface area contributed by atoms with E-state index in [2.05, 4.69) is 23.7 Å². The van der Waals surface area contributed by atoms with Crippen LogP contribution in [0.4, 0.5) is 0 Å². The molecule has 16 heavy (non-hydrogen) atoms. The molecule has 0 aliphatic rings. The van der Waals surface area contributed by atoms with Crippen molar-refractivity contribution in [1.82, 2.24) is 4.98 Å². The normalized spacial score (nSPS) is 10.8. The molecule has 4 heteroatoms. The summed E-state index contributed by atoms with van der Waals surface area (Å²) in [6.45, 7) is 0.